The van der Waals surface area contributed by atoms with E-state index in [-0.39, 0.29) is 24.5 Å². The van der Waals surface area contributed by atoms with Gasteiger partial charge < -0.3 is 9.80 Å². The van der Waals surface area contributed by atoms with E-state index in [9.17, 15) is 26.4 Å². The molecule has 3 aliphatic rings. The molecule has 0 saturated carbocycles. The second-order valence-corrected chi connectivity index (χ2v) is 15.8. The number of likely N-dealkylation sites (N-methyl/N-ethyl adjacent to an activating group) is 1. The summed E-state index contributed by atoms with van der Waals surface area (Å²) in [5, 5.41) is 1.03. The summed E-state index contributed by atoms with van der Waals surface area (Å²) in [6.45, 7) is 2.98. The SMILES string of the molecule is CN(C1CCN(CC2CCCN2C(=O)CN2CCCC(NS(=O)(=O)/C=C/c3ccc(Cl)s3)C2=O)C1)S(C)(=O)=O. The number of rotatable bonds is 10. The van der Waals surface area contributed by atoms with Crippen LogP contribution < -0.4 is 4.72 Å². The minimum Gasteiger partial charge on any atom is -0.337 e. The molecule has 0 bridgehead atoms. The van der Waals surface area contributed by atoms with Crippen molar-refractivity contribution < 1.29 is 26.4 Å². The lowest BCUT2D eigenvalue weighted by Gasteiger charge is -2.34. The zero-order chi connectivity index (χ0) is 28.4. The summed E-state index contributed by atoms with van der Waals surface area (Å²) in [6, 6.07) is 2.39. The van der Waals surface area contributed by atoms with Crippen molar-refractivity contribution in [2.24, 2.45) is 0 Å². The van der Waals surface area contributed by atoms with E-state index in [4.69, 9.17) is 11.6 Å². The average molecular weight is 622 g/mol. The maximum Gasteiger partial charge on any atom is 0.242 e. The Kier molecular flexibility index (Phi) is 9.77. The van der Waals surface area contributed by atoms with E-state index in [1.165, 1.54) is 32.9 Å². The summed E-state index contributed by atoms with van der Waals surface area (Å²) in [6.07, 6.45) is 6.07. The van der Waals surface area contributed by atoms with Gasteiger partial charge in [-0.15, -0.1) is 11.3 Å². The summed E-state index contributed by atoms with van der Waals surface area (Å²) in [7, 11) is -5.52. The van der Waals surface area contributed by atoms with Gasteiger partial charge in [-0.3, -0.25) is 14.5 Å². The Morgan fingerprint density at radius 3 is 2.59 bits per heavy atom. The van der Waals surface area contributed by atoms with Gasteiger partial charge in [0.2, 0.25) is 31.9 Å². The molecule has 4 heterocycles. The molecule has 1 aromatic heterocycles. The van der Waals surface area contributed by atoms with Crippen LogP contribution in [0.1, 0.15) is 37.0 Å². The van der Waals surface area contributed by atoms with Crippen LogP contribution in [0.4, 0.5) is 0 Å². The second kappa shape index (κ2) is 12.5. The summed E-state index contributed by atoms with van der Waals surface area (Å²) in [5.74, 6) is -0.541. The van der Waals surface area contributed by atoms with E-state index in [2.05, 4.69) is 9.62 Å². The van der Waals surface area contributed by atoms with Crippen LogP contribution in [0.15, 0.2) is 17.5 Å². The van der Waals surface area contributed by atoms with Crippen LogP contribution in [0.25, 0.3) is 6.08 Å². The lowest BCUT2D eigenvalue weighted by Crippen LogP contribution is -2.55. The highest BCUT2D eigenvalue weighted by molar-refractivity contribution is 7.92. The molecule has 4 rings (SSSR count). The van der Waals surface area contributed by atoms with Gasteiger partial charge in [0.05, 0.1) is 17.1 Å². The van der Waals surface area contributed by atoms with E-state index >= 15 is 0 Å². The first-order valence-corrected chi connectivity index (χ1v) is 17.6. The van der Waals surface area contributed by atoms with Crippen molar-refractivity contribution in [2.75, 3.05) is 52.6 Å². The molecule has 0 aliphatic carbocycles. The molecular weight excluding hydrogens is 586 g/mol. The third-order valence-electron chi connectivity index (χ3n) is 7.62. The van der Waals surface area contributed by atoms with Crippen LogP contribution in [0, 0.1) is 0 Å². The molecular formula is C24H36ClN5O6S3. The monoisotopic (exact) mass is 621 g/mol. The minimum atomic E-state index is -3.87. The zero-order valence-corrected chi connectivity index (χ0v) is 25.4. The number of carbonyl (C=O) groups excluding carboxylic acids is 2. The fraction of sp³-hybridized carbons (Fsp3) is 0.667. The van der Waals surface area contributed by atoms with Gasteiger partial charge in [0.15, 0.2) is 0 Å². The van der Waals surface area contributed by atoms with Crippen LogP contribution >= 0.6 is 22.9 Å². The van der Waals surface area contributed by atoms with Crippen molar-refractivity contribution >= 4 is 60.9 Å². The Bertz CT molecular complexity index is 1300. The van der Waals surface area contributed by atoms with E-state index in [1.807, 2.05) is 4.90 Å². The van der Waals surface area contributed by atoms with Crippen LogP contribution in [0.5, 0.6) is 0 Å². The Morgan fingerprint density at radius 2 is 1.90 bits per heavy atom. The number of nitrogens with one attached hydrogen (secondary N) is 1. The average Bonchev–Trinajstić information content (AvgIpc) is 3.61. The van der Waals surface area contributed by atoms with Gasteiger partial charge in [-0.1, -0.05) is 11.6 Å². The molecule has 0 aromatic carbocycles. The summed E-state index contributed by atoms with van der Waals surface area (Å²) >= 11 is 7.13. The van der Waals surface area contributed by atoms with Crippen molar-refractivity contribution in [3.05, 3.63) is 26.8 Å². The number of sulfonamides is 2. The molecule has 1 N–H and O–H groups in total. The van der Waals surface area contributed by atoms with Crippen LogP contribution in [0.2, 0.25) is 4.34 Å². The summed E-state index contributed by atoms with van der Waals surface area (Å²) in [5.41, 5.74) is 0. The summed E-state index contributed by atoms with van der Waals surface area (Å²) in [4.78, 5) is 32.5. The normalized spacial score (nSPS) is 25.4. The van der Waals surface area contributed by atoms with Gasteiger partial charge in [-0.25, -0.2) is 21.1 Å². The first-order valence-electron chi connectivity index (χ1n) is 13.0. The number of thiophene rings is 1. The largest absolute Gasteiger partial charge is 0.337 e. The Balaban J connectivity index is 1.31. The number of piperidine rings is 1. The fourth-order valence-corrected chi connectivity index (χ4v) is 8.25. The van der Waals surface area contributed by atoms with Crippen molar-refractivity contribution in [1.29, 1.82) is 0 Å². The molecule has 0 spiro atoms. The van der Waals surface area contributed by atoms with Crippen LogP contribution in [-0.4, -0.2) is 118 Å². The molecule has 15 heteroatoms. The lowest BCUT2D eigenvalue weighted by molar-refractivity contribution is -0.143. The van der Waals surface area contributed by atoms with E-state index in [0.29, 0.717) is 48.2 Å². The first kappa shape index (κ1) is 30.4. The van der Waals surface area contributed by atoms with Gasteiger partial charge >= 0.3 is 0 Å². The number of likely N-dealkylation sites (tertiary alicyclic amines) is 3. The molecule has 3 aliphatic heterocycles. The molecule has 39 heavy (non-hydrogen) atoms. The molecule has 3 saturated heterocycles. The molecule has 11 nitrogen and oxygen atoms in total. The Labute approximate surface area is 239 Å². The third kappa shape index (κ3) is 8.02. The quantitative estimate of drug-likeness (QED) is 0.416. The molecule has 0 radical (unpaired) electrons. The van der Waals surface area contributed by atoms with Gasteiger partial charge in [0.1, 0.15) is 6.04 Å². The van der Waals surface area contributed by atoms with Gasteiger partial charge in [0.25, 0.3) is 0 Å². The Hall–Kier alpha value is -1.55. The number of amides is 2. The topological polar surface area (TPSA) is 127 Å². The Morgan fingerprint density at radius 1 is 1.15 bits per heavy atom. The zero-order valence-electron chi connectivity index (χ0n) is 22.2. The summed E-state index contributed by atoms with van der Waals surface area (Å²) < 4.78 is 53.4. The maximum atomic E-state index is 13.3. The number of halogens is 1. The number of hydrogen-bond donors (Lipinski definition) is 1. The minimum absolute atomic E-state index is 0.00451. The fourth-order valence-electron chi connectivity index (χ4n) is 5.47. The number of nitrogens with zero attached hydrogens (tertiary/aromatic N) is 4. The van der Waals surface area contributed by atoms with Gasteiger partial charge in [-0.2, -0.15) is 4.72 Å². The van der Waals surface area contributed by atoms with E-state index in [1.54, 1.807) is 19.2 Å². The van der Waals surface area contributed by atoms with Crippen molar-refractivity contribution in [1.82, 2.24) is 23.7 Å². The third-order valence-corrected chi connectivity index (χ3v) is 11.3. The molecule has 218 valence electrons. The van der Waals surface area contributed by atoms with E-state index < -0.39 is 32.0 Å². The molecule has 1 aromatic rings. The van der Waals surface area contributed by atoms with Gasteiger partial charge in [-0.05, 0) is 56.9 Å². The second-order valence-electron chi connectivity index (χ2n) is 10.4. The predicted octanol–water partition coefficient (Wildman–Crippen LogP) is 1.24. The number of carbonyl (C=O) groups is 2. The highest BCUT2D eigenvalue weighted by atomic mass is 35.5. The highest BCUT2D eigenvalue weighted by Crippen LogP contribution is 2.24. The highest BCUT2D eigenvalue weighted by Gasteiger charge is 2.37. The molecule has 3 fully saturated rings. The molecule has 3 atom stereocenters. The smallest absolute Gasteiger partial charge is 0.242 e. The van der Waals surface area contributed by atoms with Crippen LogP contribution in [-0.2, 0) is 29.6 Å². The standard InChI is InChI=1S/C24H36ClN5O6S3/c1-27(38(2,33)34)18-9-13-28(15-18)16-19-5-3-12-30(19)23(31)17-29-11-4-6-21(24(29)32)26-39(35,36)14-10-20-7-8-22(25)37-20/h7-8,10,14,18-19,21,26H,3-6,9,11-13,15-17H2,1-2H3/b14-10+. The first-order chi connectivity index (χ1) is 18.3. The van der Waals surface area contributed by atoms with Crippen LogP contribution in [0.3, 0.4) is 0 Å². The molecule has 2 amide bonds. The molecule has 3 unspecified atom stereocenters. The van der Waals surface area contributed by atoms with E-state index in [0.717, 1.165) is 31.2 Å². The van der Waals surface area contributed by atoms with Crippen molar-refractivity contribution in [2.45, 2.75) is 50.2 Å². The lowest BCUT2D eigenvalue weighted by atomic mass is 10.1. The van der Waals surface area contributed by atoms with Crippen molar-refractivity contribution in [3.8, 4) is 0 Å². The maximum absolute atomic E-state index is 13.3. The predicted molar refractivity (Wildman–Crippen MR) is 152 cm³/mol. The van der Waals surface area contributed by atoms with Crippen molar-refractivity contribution in [3.63, 3.8) is 0 Å². The van der Waals surface area contributed by atoms with Gasteiger partial charge in [0, 0.05) is 55.6 Å². The number of hydrogen-bond acceptors (Lipinski definition) is 8.